The quantitative estimate of drug-likeness (QED) is 0.852. The Bertz CT molecular complexity index is 644. The van der Waals surface area contributed by atoms with E-state index in [0.29, 0.717) is 21.4 Å². The minimum Gasteiger partial charge on any atom is -0.447 e. The van der Waals surface area contributed by atoms with Crippen molar-refractivity contribution in [3.05, 3.63) is 64.6 Å². The smallest absolute Gasteiger partial charge is 0.339 e. The maximum Gasteiger partial charge on any atom is 0.339 e. The Labute approximate surface area is 120 Å². The molecule has 0 saturated carbocycles. The lowest BCUT2D eigenvalue weighted by Gasteiger charge is -2.28. The van der Waals surface area contributed by atoms with Crippen LogP contribution in [0.2, 0.25) is 10.0 Å². The summed E-state index contributed by atoms with van der Waals surface area (Å²) in [6.45, 7) is 0. The van der Waals surface area contributed by atoms with Crippen LogP contribution in [0.25, 0.3) is 0 Å². The molecule has 98 valence electrons. The summed E-state index contributed by atoms with van der Waals surface area (Å²) in [7, 11) is 1.86. The maximum absolute atomic E-state index is 6.26. The van der Waals surface area contributed by atoms with Crippen LogP contribution in [0.4, 0.5) is 0 Å². The molecule has 19 heavy (non-hydrogen) atoms. The van der Waals surface area contributed by atoms with Crippen molar-refractivity contribution < 1.29 is 9.47 Å². The van der Waals surface area contributed by atoms with Crippen molar-refractivity contribution >= 4 is 23.2 Å². The van der Waals surface area contributed by atoms with Crippen molar-refractivity contribution in [2.75, 3.05) is 0 Å². The number of hydrogen-bond acceptors (Lipinski definition) is 3. The molecular weight excluding hydrogens is 287 g/mol. The predicted octanol–water partition coefficient (Wildman–Crippen LogP) is 3.45. The van der Waals surface area contributed by atoms with Crippen LogP contribution in [0.1, 0.15) is 11.4 Å². The topological polar surface area (TPSA) is 36.3 Å². The van der Waals surface area contributed by atoms with E-state index in [1.165, 1.54) is 12.5 Å². The van der Waals surface area contributed by atoms with Gasteiger partial charge in [-0.1, -0.05) is 23.2 Å². The fraction of sp³-hybridized carbons (Fsp3) is 0.154. The zero-order valence-electron chi connectivity index (χ0n) is 10.0. The van der Waals surface area contributed by atoms with Gasteiger partial charge in [0.05, 0.1) is 10.6 Å². The van der Waals surface area contributed by atoms with E-state index in [-0.39, 0.29) is 0 Å². The van der Waals surface area contributed by atoms with Gasteiger partial charge in [0, 0.05) is 24.5 Å². The highest BCUT2D eigenvalue weighted by Gasteiger charge is 2.45. The second kappa shape index (κ2) is 4.47. The summed E-state index contributed by atoms with van der Waals surface area (Å²) in [5.74, 6) is -0.568. The van der Waals surface area contributed by atoms with Gasteiger partial charge >= 0.3 is 5.79 Å². The average Bonchev–Trinajstić information content (AvgIpc) is 2.98. The SMILES string of the molecule is Cn1ccnc1C1(c2ccc(Cl)cc2Cl)OC=CO1. The third-order valence-electron chi connectivity index (χ3n) is 2.92. The summed E-state index contributed by atoms with van der Waals surface area (Å²) in [6, 6.07) is 5.15. The van der Waals surface area contributed by atoms with Crippen molar-refractivity contribution in [1.82, 2.24) is 9.55 Å². The lowest BCUT2D eigenvalue weighted by Crippen LogP contribution is -2.32. The molecule has 0 aliphatic carbocycles. The summed E-state index contributed by atoms with van der Waals surface area (Å²) >= 11 is 12.2. The molecule has 0 radical (unpaired) electrons. The van der Waals surface area contributed by atoms with Crippen molar-refractivity contribution in [3.8, 4) is 0 Å². The van der Waals surface area contributed by atoms with Crippen molar-refractivity contribution in [3.63, 3.8) is 0 Å². The molecule has 0 amide bonds. The fourth-order valence-corrected chi connectivity index (χ4v) is 2.60. The van der Waals surface area contributed by atoms with E-state index in [1.807, 2.05) is 17.8 Å². The van der Waals surface area contributed by atoms with Crippen LogP contribution in [-0.2, 0) is 22.3 Å². The van der Waals surface area contributed by atoms with Gasteiger partial charge in [0.1, 0.15) is 12.5 Å². The maximum atomic E-state index is 6.26. The van der Waals surface area contributed by atoms with Crippen LogP contribution >= 0.6 is 23.2 Å². The summed E-state index contributed by atoms with van der Waals surface area (Å²) in [4.78, 5) is 4.29. The Morgan fingerprint density at radius 3 is 2.53 bits per heavy atom. The summed E-state index contributed by atoms with van der Waals surface area (Å²) in [6.07, 6.45) is 6.43. The van der Waals surface area contributed by atoms with Gasteiger partial charge in [-0.2, -0.15) is 0 Å². The number of aromatic nitrogens is 2. The molecule has 1 aliphatic rings. The zero-order chi connectivity index (χ0) is 13.5. The van der Waals surface area contributed by atoms with Gasteiger partial charge in [-0.3, -0.25) is 0 Å². The van der Waals surface area contributed by atoms with Gasteiger partial charge in [0.25, 0.3) is 0 Å². The highest BCUT2D eigenvalue weighted by Crippen LogP contribution is 2.41. The van der Waals surface area contributed by atoms with Crippen molar-refractivity contribution in [2.45, 2.75) is 5.79 Å². The first-order valence-electron chi connectivity index (χ1n) is 5.57. The monoisotopic (exact) mass is 296 g/mol. The number of halogens is 2. The molecule has 0 unspecified atom stereocenters. The Morgan fingerprint density at radius 1 is 1.21 bits per heavy atom. The number of ether oxygens (including phenoxy) is 2. The largest absolute Gasteiger partial charge is 0.447 e. The van der Waals surface area contributed by atoms with Gasteiger partial charge < -0.3 is 14.0 Å². The summed E-state index contributed by atoms with van der Waals surface area (Å²) < 4.78 is 13.1. The molecule has 2 aromatic rings. The van der Waals surface area contributed by atoms with E-state index in [2.05, 4.69) is 4.98 Å². The lowest BCUT2D eigenvalue weighted by atomic mass is 10.0. The molecule has 4 nitrogen and oxygen atoms in total. The van der Waals surface area contributed by atoms with Crippen molar-refractivity contribution in [1.29, 1.82) is 0 Å². The minimum absolute atomic E-state index is 0.458. The number of aryl methyl sites for hydroxylation is 1. The molecular formula is C13H10Cl2N2O2. The molecule has 1 aliphatic heterocycles. The van der Waals surface area contributed by atoms with E-state index >= 15 is 0 Å². The Hall–Kier alpha value is -1.65. The second-order valence-electron chi connectivity index (χ2n) is 4.11. The van der Waals surface area contributed by atoms with Crippen LogP contribution in [0.5, 0.6) is 0 Å². The zero-order valence-corrected chi connectivity index (χ0v) is 11.5. The molecule has 1 aromatic heterocycles. The Balaban J connectivity index is 2.19. The highest BCUT2D eigenvalue weighted by molar-refractivity contribution is 6.35. The summed E-state index contributed by atoms with van der Waals surface area (Å²) in [5, 5.41) is 1.01. The average molecular weight is 297 g/mol. The van der Waals surface area contributed by atoms with Crippen LogP contribution in [-0.4, -0.2) is 9.55 Å². The molecule has 0 bridgehead atoms. The van der Waals surface area contributed by atoms with Crippen LogP contribution in [0, 0.1) is 0 Å². The van der Waals surface area contributed by atoms with Crippen molar-refractivity contribution in [2.24, 2.45) is 7.05 Å². The van der Waals surface area contributed by atoms with Gasteiger partial charge in [0.2, 0.25) is 0 Å². The first kappa shape index (κ1) is 12.4. The van der Waals surface area contributed by atoms with Crippen LogP contribution < -0.4 is 0 Å². The molecule has 0 spiro atoms. The standard InChI is InChI=1S/C13H10Cl2N2O2/c1-17-5-4-16-12(17)13(18-6-7-19-13)10-3-2-9(14)8-11(10)15/h2-8H,1H3. The molecule has 0 saturated heterocycles. The molecule has 0 N–H and O–H groups in total. The number of rotatable bonds is 2. The third kappa shape index (κ3) is 1.88. The number of nitrogens with zero attached hydrogens (tertiary/aromatic N) is 2. The van der Waals surface area contributed by atoms with Gasteiger partial charge in [-0.05, 0) is 18.2 Å². The Kier molecular flexibility index (Phi) is 2.92. The predicted molar refractivity (Wildman–Crippen MR) is 71.8 cm³/mol. The number of hydrogen-bond donors (Lipinski definition) is 0. The Morgan fingerprint density at radius 2 is 1.95 bits per heavy atom. The molecule has 0 atom stereocenters. The fourth-order valence-electron chi connectivity index (χ4n) is 2.07. The third-order valence-corrected chi connectivity index (χ3v) is 3.47. The van der Waals surface area contributed by atoms with E-state index in [1.54, 1.807) is 24.4 Å². The normalized spacial score (nSPS) is 16.2. The van der Waals surface area contributed by atoms with Crippen LogP contribution in [0.3, 0.4) is 0 Å². The molecule has 3 rings (SSSR count). The van der Waals surface area contributed by atoms with E-state index in [4.69, 9.17) is 32.7 Å². The second-order valence-corrected chi connectivity index (χ2v) is 4.95. The number of imidazole rings is 1. The first-order chi connectivity index (χ1) is 9.13. The molecule has 2 heterocycles. The molecule has 6 heteroatoms. The van der Waals surface area contributed by atoms with Gasteiger partial charge in [-0.15, -0.1) is 0 Å². The lowest BCUT2D eigenvalue weighted by molar-refractivity contribution is -0.121. The molecule has 0 fully saturated rings. The van der Waals surface area contributed by atoms with Gasteiger partial charge in [-0.25, -0.2) is 4.98 Å². The minimum atomic E-state index is -1.17. The van der Waals surface area contributed by atoms with E-state index in [9.17, 15) is 0 Å². The first-order valence-corrected chi connectivity index (χ1v) is 6.33. The van der Waals surface area contributed by atoms with Crippen LogP contribution in [0.15, 0.2) is 43.1 Å². The highest BCUT2D eigenvalue weighted by atomic mass is 35.5. The summed E-state index contributed by atoms with van der Waals surface area (Å²) in [5.41, 5.74) is 0.651. The van der Waals surface area contributed by atoms with E-state index < -0.39 is 5.79 Å². The van der Waals surface area contributed by atoms with E-state index in [0.717, 1.165) is 0 Å². The molecule has 1 aromatic carbocycles. The van der Waals surface area contributed by atoms with Gasteiger partial charge in [0.15, 0.2) is 5.82 Å². The number of benzene rings is 1.